The van der Waals surface area contributed by atoms with E-state index >= 15 is 0 Å². The normalized spacial score (nSPS) is 9.27. The van der Waals surface area contributed by atoms with Crippen LogP contribution in [0, 0.1) is 4.91 Å². The van der Waals surface area contributed by atoms with Crippen LogP contribution in [0.2, 0.25) is 0 Å². The summed E-state index contributed by atoms with van der Waals surface area (Å²) in [5, 5.41) is 2.80. The van der Waals surface area contributed by atoms with Gasteiger partial charge in [0.25, 0.3) is 0 Å². The van der Waals surface area contributed by atoms with E-state index in [9.17, 15) is 4.91 Å². The molecule has 0 aromatic heterocycles. The Morgan fingerprint density at radius 1 is 0.567 bits per heavy atom. The van der Waals surface area contributed by atoms with E-state index in [0.29, 0.717) is 5.69 Å². The van der Waals surface area contributed by atoms with Gasteiger partial charge in [0.15, 0.2) is 0 Å². The molecule has 0 aliphatic rings. The topological polar surface area (TPSA) is 65.2 Å². The van der Waals surface area contributed by atoms with Crippen LogP contribution in [0.4, 0.5) is 28.4 Å². The van der Waals surface area contributed by atoms with Gasteiger partial charge in [0, 0.05) is 65.0 Å². The smallest absolute Gasteiger partial charge is 0.108 e. The number of anilines is 4. The molecule has 0 amide bonds. The summed E-state index contributed by atoms with van der Waals surface area (Å²) in [6.07, 6.45) is 0. The molecule has 160 valence electrons. The molecule has 6 nitrogen and oxygen atoms in total. The summed E-state index contributed by atoms with van der Waals surface area (Å²) >= 11 is 0. The van der Waals surface area contributed by atoms with Crippen molar-refractivity contribution in [3.63, 3.8) is 0 Å². The van der Waals surface area contributed by atoms with Crippen molar-refractivity contribution in [1.82, 2.24) is 0 Å². The van der Waals surface area contributed by atoms with Crippen LogP contribution >= 0.6 is 0 Å². The number of nitrogens with zero attached hydrogens (tertiary/aromatic N) is 4. The van der Waals surface area contributed by atoms with Crippen molar-refractivity contribution in [3.8, 4) is 0 Å². The average molecular weight is 408 g/mol. The van der Waals surface area contributed by atoms with Crippen molar-refractivity contribution in [1.29, 1.82) is 0 Å². The first-order valence-electron chi connectivity index (χ1n) is 9.60. The average Bonchev–Trinajstić information content (AvgIpc) is 2.75. The standard InChI is InChI=1S/C8H10N2O.C8H12N2.C8H11N/c1-10(2)8-5-3-7(9-11)4-6-8;1-10(2)8-5-3-7(9)4-6-8;1-9(2)8-6-4-3-5-7-8/h3-6H,1-2H3;3-6H,9H2,1-2H3;3-7H,1-2H3. The Morgan fingerprint density at radius 3 is 1.27 bits per heavy atom. The number of benzene rings is 3. The zero-order chi connectivity index (χ0) is 22.5. The predicted octanol–water partition coefficient (Wildman–Crippen LogP) is 5.24. The predicted molar refractivity (Wildman–Crippen MR) is 132 cm³/mol. The van der Waals surface area contributed by atoms with Crippen molar-refractivity contribution in [2.24, 2.45) is 5.18 Å². The molecule has 3 aromatic rings. The molecule has 3 rings (SSSR count). The lowest BCUT2D eigenvalue weighted by atomic mass is 10.3. The van der Waals surface area contributed by atoms with Gasteiger partial charge in [0.2, 0.25) is 0 Å². The Balaban J connectivity index is 0.000000226. The second-order valence-electron chi connectivity index (χ2n) is 7.22. The van der Waals surface area contributed by atoms with Crippen molar-refractivity contribution in [3.05, 3.63) is 83.8 Å². The number of nitrogens with two attached hydrogens (primary N) is 1. The zero-order valence-corrected chi connectivity index (χ0v) is 18.8. The molecule has 0 aliphatic heterocycles. The monoisotopic (exact) mass is 407 g/mol. The summed E-state index contributed by atoms with van der Waals surface area (Å²) in [5.41, 5.74) is 10.3. The van der Waals surface area contributed by atoms with E-state index < -0.39 is 0 Å². The van der Waals surface area contributed by atoms with Crippen LogP contribution in [0.15, 0.2) is 84.0 Å². The lowest BCUT2D eigenvalue weighted by Crippen LogP contribution is -2.08. The molecular weight excluding hydrogens is 374 g/mol. The molecule has 0 fully saturated rings. The molecule has 0 saturated carbocycles. The summed E-state index contributed by atoms with van der Waals surface area (Å²) in [5.74, 6) is 0. The summed E-state index contributed by atoms with van der Waals surface area (Å²) in [4.78, 5) is 16.1. The minimum Gasteiger partial charge on any atom is -0.399 e. The van der Waals surface area contributed by atoms with Gasteiger partial charge in [-0.3, -0.25) is 0 Å². The van der Waals surface area contributed by atoms with Gasteiger partial charge in [0.1, 0.15) is 5.69 Å². The van der Waals surface area contributed by atoms with Gasteiger partial charge >= 0.3 is 0 Å². The Kier molecular flexibility index (Phi) is 10.5. The van der Waals surface area contributed by atoms with E-state index in [2.05, 4.69) is 22.2 Å². The molecule has 0 bridgehead atoms. The highest BCUT2D eigenvalue weighted by atomic mass is 16.3. The molecule has 0 atom stereocenters. The van der Waals surface area contributed by atoms with Crippen molar-refractivity contribution < 1.29 is 0 Å². The number of nitroso groups, excluding NO2 is 1. The van der Waals surface area contributed by atoms with Gasteiger partial charge in [-0.25, -0.2) is 0 Å². The van der Waals surface area contributed by atoms with Gasteiger partial charge < -0.3 is 20.4 Å². The molecule has 6 heteroatoms. The number of hydrogen-bond donors (Lipinski definition) is 1. The van der Waals surface area contributed by atoms with E-state index in [1.807, 2.05) is 107 Å². The summed E-state index contributed by atoms with van der Waals surface area (Å²) in [6, 6.07) is 25.2. The van der Waals surface area contributed by atoms with E-state index in [-0.39, 0.29) is 0 Å². The third-order valence-electron chi connectivity index (χ3n) is 4.15. The molecule has 30 heavy (non-hydrogen) atoms. The summed E-state index contributed by atoms with van der Waals surface area (Å²) in [7, 11) is 12.0. The van der Waals surface area contributed by atoms with Gasteiger partial charge in [-0.1, -0.05) is 18.2 Å². The van der Waals surface area contributed by atoms with E-state index in [1.165, 1.54) is 11.4 Å². The Morgan fingerprint density at radius 2 is 0.933 bits per heavy atom. The molecular formula is C24H33N5O. The molecule has 0 saturated heterocycles. The maximum Gasteiger partial charge on any atom is 0.108 e. The lowest BCUT2D eigenvalue weighted by Gasteiger charge is -2.11. The first-order valence-corrected chi connectivity index (χ1v) is 9.60. The maximum atomic E-state index is 10.0. The lowest BCUT2D eigenvalue weighted by molar-refractivity contribution is 1.13. The number of hydrogen-bond acceptors (Lipinski definition) is 6. The van der Waals surface area contributed by atoms with E-state index in [4.69, 9.17) is 5.73 Å². The minimum atomic E-state index is 0.468. The fourth-order valence-electron chi connectivity index (χ4n) is 2.31. The second kappa shape index (κ2) is 12.8. The molecule has 0 unspecified atom stereocenters. The van der Waals surface area contributed by atoms with Crippen molar-refractivity contribution in [2.75, 3.05) is 62.7 Å². The molecule has 3 aromatic carbocycles. The quantitative estimate of drug-likeness (QED) is 0.473. The second-order valence-corrected chi connectivity index (χ2v) is 7.22. The van der Waals surface area contributed by atoms with Crippen LogP contribution in [0.25, 0.3) is 0 Å². The SMILES string of the molecule is CN(C)c1ccc(N)cc1.CN(C)c1ccc(N=O)cc1.CN(C)c1ccccc1. The third-order valence-corrected chi connectivity index (χ3v) is 4.15. The molecule has 2 N–H and O–H groups in total. The summed E-state index contributed by atoms with van der Waals surface area (Å²) in [6.45, 7) is 0. The third kappa shape index (κ3) is 9.10. The number of para-hydroxylation sites is 1. The summed E-state index contributed by atoms with van der Waals surface area (Å²) < 4.78 is 0. The maximum absolute atomic E-state index is 10.0. The number of rotatable bonds is 4. The van der Waals surface area contributed by atoms with Crippen LogP contribution in [-0.2, 0) is 0 Å². The van der Waals surface area contributed by atoms with Gasteiger partial charge in [-0.2, -0.15) is 0 Å². The number of nitrogen functional groups attached to an aromatic ring is 1. The molecule has 0 spiro atoms. The highest BCUT2D eigenvalue weighted by Crippen LogP contribution is 2.17. The molecule has 0 heterocycles. The molecule has 0 aliphatic carbocycles. The Hall–Kier alpha value is -3.54. The van der Waals surface area contributed by atoms with E-state index in [0.717, 1.165) is 11.4 Å². The van der Waals surface area contributed by atoms with Gasteiger partial charge in [-0.05, 0) is 65.8 Å². The first kappa shape index (κ1) is 24.5. The van der Waals surface area contributed by atoms with Crippen LogP contribution in [-0.4, -0.2) is 42.3 Å². The van der Waals surface area contributed by atoms with Crippen LogP contribution in [0.3, 0.4) is 0 Å². The minimum absolute atomic E-state index is 0.468. The van der Waals surface area contributed by atoms with Crippen LogP contribution < -0.4 is 20.4 Å². The largest absolute Gasteiger partial charge is 0.399 e. The fraction of sp³-hybridized carbons (Fsp3) is 0.250. The van der Waals surface area contributed by atoms with Gasteiger partial charge in [0.05, 0.1) is 0 Å². The van der Waals surface area contributed by atoms with Crippen molar-refractivity contribution >= 4 is 28.4 Å². The van der Waals surface area contributed by atoms with Crippen molar-refractivity contribution in [2.45, 2.75) is 0 Å². The van der Waals surface area contributed by atoms with Crippen LogP contribution in [0.1, 0.15) is 0 Å². The zero-order valence-electron chi connectivity index (χ0n) is 18.8. The first-order chi connectivity index (χ1) is 14.2. The Labute approximate surface area is 180 Å². The highest BCUT2D eigenvalue weighted by molar-refractivity contribution is 5.52. The molecule has 0 radical (unpaired) electrons. The van der Waals surface area contributed by atoms with E-state index in [1.54, 1.807) is 12.1 Å². The fourth-order valence-corrected chi connectivity index (χ4v) is 2.31. The van der Waals surface area contributed by atoms with Crippen LogP contribution in [0.5, 0.6) is 0 Å². The highest BCUT2D eigenvalue weighted by Gasteiger charge is 1.94. The van der Waals surface area contributed by atoms with Gasteiger partial charge in [-0.15, -0.1) is 4.91 Å². The Bertz CT molecular complexity index is 845.